The van der Waals surface area contributed by atoms with Crippen LogP contribution in [-0.4, -0.2) is 41.8 Å². The molecule has 0 aliphatic rings. The maximum Gasteiger partial charge on any atom is 0.294 e. The fraction of sp³-hybridized carbons (Fsp3) is 0.545. The highest BCUT2D eigenvalue weighted by molar-refractivity contribution is 6.30. The summed E-state index contributed by atoms with van der Waals surface area (Å²) in [5, 5.41) is 11.1. The van der Waals surface area contributed by atoms with Gasteiger partial charge in [0.2, 0.25) is 0 Å². The van der Waals surface area contributed by atoms with Crippen molar-refractivity contribution in [3.63, 3.8) is 0 Å². The van der Waals surface area contributed by atoms with Gasteiger partial charge in [0.15, 0.2) is 5.82 Å². The van der Waals surface area contributed by atoms with Gasteiger partial charge < -0.3 is 16.0 Å². The molecule has 2 rings (SSSR count). The van der Waals surface area contributed by atoms with Gasteiger partial charge in [0.05, 0.1) is 6.20 Å². The summed E-state index contributed by atoms with van der Waals surface area (Å²) < 4.78 is 1.55. The van der Waals surface area contributed by atoms with Gasteiger partial charge >= 0.3 is 0 Å². The van der Waals surface area contributed by atoms with Crippen LogP contribution in [0.2, 0.25) is 10.2 Å². The number of unbranched alkanes of at least 4 members (excludes halogenated alkanes) is 1. The van der Waals surface area contributed by atoms with Gasteiger partial charge in [-0.3, -0.25) is 9.36 Å². The standard InChI is InChI=1S/C22H33Cl2N5O/c1-3-4-10-26-17(2)8-12-27-21-22(30)29(20(24)16-28-21)14-13-25-11-9-18-6-5-7-19(23)15-18/h5-7,15-17,25-26H,3-4,8-14H2,1-2H3,(H,27,28). The van der Waals surface area contributed by atoms with E-state index in [1.807, 2.05) is 18.2 Å². The van der Waals surface area contributed by atoms with Gasteiger partial charge in [-0.25, -0.2) is 4.98 Å². The normalized spacial score (nSPS) is 12.1. The third-order valence-electron chi connectivity index (χ3n) is 4.89. The molecular formula is C22H33Cl2N5O. The predicted octanol–water partition coefficient (Wildman–Crippen LogP) is 3.96. The van der Waals surface area contributed by atoms with Crippen LogP contribution in [0, 0.1) is 0 Å². The van der Waals surface area contributed by atoms with E-state index in [4.69, 9.17) is 23.2 Å². The van der Waals surface area contributed by atoms with Gasteiger partial charge in [-0.1, -0.05) is 48.7 Å². The van der Waals surface area contributed by atoms with Gasteiger partial charge in [0.25, 0.3) is 5.56 Å². The summed E-state index contributed by atoms with van der Waals surface area (Å²) in [6, 6.07) is 8.22. The summed E-state index contributed by atoms with van der Waals surface area (Å²) in [6.45, 7) is 7.96. The lowest BCUT2D eigenvalue weighted by molar-refractivity contribution is 0.513. The Bertz CT molecular complexity index is 827. The Morgan fingerprint density at radius 2 is 2.00 bits per heavy atom. The molecule has 2 aromatic rings. The van der Waals surface area contributed by atoms with Gasteiger partial charge in [-0.15, -0.1) is 0 Å². The van der Waals surface area contributed by atoms with Crippen molar-refractivity contribution in [3.8, 4) is 0 Å². The first kappa shape index (κ1) is 24.7. The number of nitrogens with zero attached hydrogens (tertiary/aromatic N) is 2. The predicted molar refractivity (Wildman–Crippen MR) is 127 cm³/mol. The quantitative estimate of drug-likeness (QED) is 0.377. The second-order valence-electron chi connectivity index (χ2n) is 7.44. The lowest BCUT2D eigenvalue weighted by Crippen LogP contribution is -2.32. The molecule has 3 N–H and O–H groups in total. The number of anilines is 1. The molecule has 0 fully saturated rings. The molecule has 8 heteroatoms. The summed E-state index contributed by atoms with van der Waals surface area (Å²) in [5.41, 5.74) is 0.991. The number of halogens is 2. The highest BCUT2D eigenvalue weighted by Crippen LogP contribution is 2.10. The average Bonchev–Trinajstić information content (AvgIpc) is 2.72. The Kier molecular flexibility index (Phi) is 11.2. The van der Waals surface area contributed by atoms with Crippen LogP contribution >= 0.6 is 23.2 Å². The van der Waals surface area contributed by atoms with Crippen molar-refractivity contribution in [3.05, 3.63) is 56.6 Å². The van der Waals surface area contributed by atoms with Crippen molar-refractivity contribution < 1.29 is 0 Å². The minimum absolute atomic E-state index is 0.189. The largest absolute Gasteiger partial charge is 0.365 e. The molecular weight excluding hydrogens is 421 g/mol. The molecule has 1 aromatic carbocycles. The van der Waals surface area contributed by atoms with Crippen molar-refractivity contribution in [2.45, 2.75) is 52.1 Å². The van der Waals surface area contributed by atoms with Crippen LogP contribution < -0.4 is 21.5 Å². The van der Waals surface area contributed by atoms with Crippen LogP contribution in [0.4, 0.5) is 5.82 Å². The molecule has 1 heterocycles. The minimum atomic E-state index is -0.189. The van der Waals surface area contributed by atoms with Crippen molar-refractivity contribution in [2.24, 2.45) is 0 Å². The topological polar surface area (TPSA) is 71.0 Å². The summed E-state index contributed by atoms with van der Waals surface area (Å²) in [7, 11) is 0. The maximum atomic E-state index is 12.7. The summed E-state index contributed by atoms with van der Waals surface area (Å²) in [6.07, 6.45) is 5.67. The number of hydrogen-bond donors (Lipinski definition) is 3. The van der Waals surface area contributed by atoms with E-state index >= 15 is 0 Å². The van der Waals surface area contributed by atoms with E-state index in [2.05, 4.69) is 40.8 Å². The first-order valence-electron chi connectivity index (χ1n) is 10.7. The number of nitrogens with one attached hydrogen (secondary N) is 3. The van der Waals surface area contributed by atoms with E-state index in [9.17, 15) is 4.79 Å². The van der Waals surface area contributed by atoms with E-state index in [0.717, 1.165) is 31.0 Å². The van der Waals surface area contributed by atoms with E-state index in [-0.39, 0.29) is 5.56 Å². The van der Waals surface area contributed by atoms with Gasteiger partial charge in [0, 0.05) is 30.7 Å². The lowest BCUT2D eigenvalue weighted by atomic mass is 10.1. The fourth-order valence-corrected chi connectivity index (χ4v) is 3.50. The van der Waals surface area contributed by atoms with Crippen LogP contribution in [-0.2, 0) is 13.0 Å². The summed E-state index contributed by atoms with van der Waals surface area (Å²) >= 11 is 12.2. The Balaban J connectivity index is 1.77. The molecule has 30 heavy (non-hydrogen) atoms. The van der Waals surface area contributed by atoms with Crippen molar-refractivity contribution in [2.75, 3.05) is 31.5 Å². The summed E-state index contributed by atoms with van der Waals surface area (Å²) in [4.78, 5) is 16.9. The highest BCUT2D eigenvalue weighted by atomic mass is 35.5. The third kappa shape index (κ3) is 8.64. The van der Waals surface area contributed by atoms with Crippen molar-refractivity contribution >= 4 is 29.0 Å². The van der Waals surface area contributed by atoms with E-state index in [1.54, 1.807) is 4.57 Å². The van der Waals surface area contributed by atoms with E-state index in [1.165, 1.54) is 24.6 Å². The fourth-order valence-electron chi connectivity index (χ4n) is 3.07. The highest BCUT2D eigenvalue weighted by Gasteiger charge is 2.09. The zero-order chi connectivity index (χ0) is 21.8. The maximum absolute atomic E-state index is 12.7. The molecule has 0 saturated heterocycles. The molecule has 0 bridgehead atoms. The molecule has 0 saturated carbocycles. The number of hydrogen-bond acceptors (Lipinski definition) is 5. The van der Waals surface area contributed by atoms with E-state index < -0.39 is 0 Å². The molecule has 0 spiro atoms. The first-order valence-corrected chi connectivity index (χ1v) is 11.4. The molecule has 1 unspecified atom stereocenters. The van der Waals surface area contributed by atoms with Crippen molar-refractivity contribution in [1.82, 2.24) is 20.2 Å². The minimum Gasteiger partial charge on any atom is -0.365 e. The molecule has 0 radical (unpaired) electrons. The Labute approximate surface area is 189 Å². The Morgan fingerprint density at radius 3 is 2.77 bits per heavy atom. The molecule has 0 aliphatic heterocycles. The monoisotopic (exact) mass is 453 g/mol. The third-order valence-corrected chi connectivity index (χ3v) is 5.43. The van der Waals surface area contributed by atoms with Crippen LogP contribution in [0.25, 0.3) is 0 Å². The molecule has 0 amide bonds. The number of rotatable bonds is 14. The molecule has 1 atom stereocenters. The smallest absolute Gasteiger partial charge is 0.294 e. The van der Waals surface area contributed by atoms with Crippen LogP contribution in [0.5, 0.6) is 0 Å². The van der Waals surface area contributed by atoms with Crippen molar-refractivity contribution in [1.29, 1.82) is 0 Å². The van der Waals surface area contributed by atoms with Gasteiger partial charge in [-0.2, -0.15) is 0 Å². The Morgan fingerprint density at radius 1 is 1.17 bits per heavy atom. The number of aromatic nitrogens is 2. The Hall–Kier alpha value is -1.60. The van der Waals surface area contributed by atoms with Gasteiger partial charge in [-0.05, 0) is 57.0 Å². The van der Waals surface area contributed by atoms with Gasteiger partial charge in [0.1, 0.15) is 5.15 Å². The SMILES string of the molecule is CCCCNC(C)CCNc1ncc(Cl)n(CCNCCc2cccc(Cl)c2)c1=O. The molecule has 6 nitrogen and oxygen atoms in total. The lowest BCUT2D eigenvalue weighted by Gasteiger charge is -2.15. The van der Waals surface area contributed by atoms with Crippen LogP contribution in [0.3, 0.4) is 0 Å². The van der Waals surface area contributed by atoms with Crippen LogP contribution in [0.15, 0.2) is 35.3 Å². The zero-order valence-corrected chi connectivity index (χ0v) is 19.4. The molecule has 166 valence electrons. The van der Waals surface area contributed by atoms with Crippen LogP contribution in [0.1, 0.15) is 38.7 Å². The first-order chi connectivity index (χ1) is 14.5. The van der Waals surface area contributed by atoms with E-state index in [0.29, 0.717) is 36.6 Å². The average molecular weight is 454 g/mol. The second-order valence-corrected chi connectivity index (χ2v) is 8.26. The molecule has 0 aliphatic carbocycles. The zero-order valence-electron chi connectivity index (χ0n) is 17.9. The molecule has 1 aromatic heterocycles. The summed E-state index contributed by atoms with van der Waals surface area (Å²) in [5.74, 6) is 0.346. The second kappa shape index (κ2) is 13.7. The number of benzene rings is 1.